The van der Waals surface area contributed by atoms with Crippen LogP contribution >= 0.6 is 0 Å². The van der Waals surface area contributed by atoms with E-state index in [1.54, 1.807) is 0 Å². The molecule has 1 atom stereocenters. The molecule has 0 bridgehead atoms. The molecule has 2 aromatic carbocycles. The molecule has 3 N–H and O–H groups in total. The molecule has 0 fully saturated rings. The van der Waals surface area contributed by atoms with E-state index in [0.29, 0.717) is 6.42 Å². The molecular weight excluding hydrogens is 366 g/mol. The minimum atomic E-state index is -3.91. The largest absolute Gasteiger partial charge is 0.507 e. The van der Waals surface area contributed by atoms with E-state index >= 15 is 0 Å². The van der Waals surface area contributed by atoms with Crippen molar-refractivity contribution in [1.82, 2.24) is 4.72 Å². The molecule has 0 aliphatic carbocycles. The highest BCUT2D eigenvalue weighted by molar-refractivity contribution is 7.89. The normalized spacial score (nSPS) is 17.6. The van der Waals surface area contributed by atoms with Crippen molar-refractivity contribution in [3.8, 4) is 5.75 Å². The summed E-state index contributed by atoms with van der Waals surface area (Å²) in [6.07, 6.45) is 0.660. The van der Waals surface area contributed by atoms with Gasteiger partial charge in [0.1, 0.15) is 5.75 Å². The Hall–Kier alpha value is -3.38. The average molecular weight is 383 g/mol. The number of aliphatic imine (C=N–C) groups is 1. The Balaban J connectivity index is 1.94. The zero-order chi connectivity index (χ0) is 19.4. The summed E-state index contributed by atoms with van der Waals surface area (Å²) in [4.78, 5) is 7.73. The van der Waals surface area contributed by atoms with Crippen LogP contribution in [0.2, 0.25) is 0 Å². The molecule has 0 spiro atoms. The first-order chi connectivity index (χ1) is 12.9. The van der Waals surface area contributed by atoms with Gasteiger partial charge in [0, 0.05) is 0 Å². The van der Waals surface area contributed by atoms with Crippen molar-refractivity contribution in [3.05, 3.63) is 65.5 Å². The predicted molar refractivity (Wildman–Crippen MR) is 104 cm³/mol. The smallest absolute Gasteiger partial charge is 0.345 e. The van der Waals surface area contributed by atoms with E-state index in [1.807, 2.05) is 37.3 Å². The van der Waals surface area contributed by atoms with Crippen molar-refractivity contribution < 1.29 is 13.5 Å². The summed E-state index contributed by atoms with van der Waals surface area (Å²) in [6.45, 7) is 8.91. The van der Waals surface area contributed by atoms with Gasteiger partial charge < -0.3 is 10.4 Å². The van der Waals surface area contributed by atoms with Gasteiger partial charge in [0.05, 0.1) is 18.3 Å². The monoisotopic (exact) mass is 383 g/mol. The van der Waals surface area contributed by atoms with Crippen molar-refractivity contribution in [1.29, 1.82) is 0 Å². The van der Waals surface area contributed by atoms with E-state index in [1.165, 1.54) is 18.2 Å². The second-order valence-electron chi connectivity index (χ2n) is 5.77. The van der Waals surface area contributed by atoms with Crippen LogP contribution in [0.3, 0.4) is 0 Å². The van der Waals surface area contributed by atoms with Crippen LogP contribution in [0.15, 0.2) is 57.9 Å². The molecule has 3 rings (SSSR count). The van der Waals surface area contributed by atoms with Gasteiger partial charge in [0.25, 0.3) is 0 Å². The Morgan fingerprint density at radius 2 is 2.04 bits per heavy atom. The molecule has 0 radical (unpaired) electrons. The SMILES string of the molecule is [C-]#[N+]c1ccc(NC2=NS(=O)(=O)NC2=N[C@H](CC)c2ccccc2)c(O)c1. The van der Waals surface area contributed by atoms with Crippen molar-refractivity contribution >= 4 is 33.3 Å². The van der Waals surface area contributed by atoms with Crippen LogP contribution in [0, 0.1) is 6.57 Å². The lowest BCUT2D eigenvalue weighted by Crippen LogP contribution is -2.31. The molecule has 138 valence electrons. The van der Waals surface area contributed by atoms with Gasteiger partial charge >= 0.3 is 10.2 Å². The summed E-state index contributed by atoms with van der Waals surface area (Å²) in [7, 11) is -3.91. The third-order valence-corrected chi connectivity index (χ3v) is 4.76. The summed E-state index contributed by atoms with van der Waals surface area (Å²) >= 11 is 0. The maximum atomic E-state index is 11.9. The molecule has 1 aliphatic heterocycles. The number of nitrogens with zero attached hydrogens (tertiary/aromatic N) is 3. The maximum absolute atomic E-state index is 11.9. The summed E-state index contributed by atoms with van der Waals surface area (Å²) < 4.78 is 29.8. The Labute approximate surface area is 157 Å². The first-order valence-corrected chi connectivity index (χ1v) is 9.59. The number of aromatic hydroxyl groups is 1. The first kappa shape index (κ1) is 18.4. The van der Waals surface area contributed by atoms with Crippen molar-refractivity contribution in [2.24, 2.45) is 9.39 Å². The molecule has 0 saturated heterocycles. The molecule has 0 unspecified atom stereocenters. The number of anilines is 1. The van der Waals surface area contributed by atoms with Gasteiger partial charge in [-0.1, -0.05) is 43.3 Å². The lowest BCUT2D eigenvalue weighted by molar-refractivity contribution is 0.478. The molecular formula is C18H17N5O3S. The number of rotatable bonds is 4. The molecule has 8 nitrogen and oxygen atoms in total. The van der Waals surface area contributed by atoms with Gasteiger partial charge in [-0.2, -0.15) is 8.42 Å². The van der Waals surface area contributed by atoms with Gasteiger partial charge in [0.2, 0.25) is 0 Å². The van der Waals surface area contributed by atoms with Gasteiger partial charge in [-0.05, 0) is 24.1 Å². The first-order valence-electron chi connectivity index (χ1n) is 8.15. The quantitative estimate of drug-likeness (QED) is 0.557. The minimum Gasteiger partial charge on any atom is -0.507 e. The fraction of sp³-hybridized carbons (Fsp3) is 0.167. The molecule has 2 aromatic rings. The topological polar surface area (TPSA) is 108 Å². The number of phenolic OH excluding ortho intramolecular Hbond substituents is 1. The number of hydrogen-bond donors (Lipinski definition) is 3. The zero-order valence-corrected chi connectivity index (χ0v) is 15.2. The zero-order valence-electron chi connectivity index (χ0n) is 14.4. The van der Waals surface area contributed by atoms with Crippen LogP contribution in [0.5, 0.6) is 5.75 Å². The Kier molecular flexibility index (Phi) is 5.09. The standard InChI is InChI=1S/C18H17N5O3S/c1-3-14(12-7-5-4-6-8-12)20-17-18(23-27(25,26)22-17)21-15-10-9-13(19-2)11-16(15)24/h4-11,14,24H,3H2,1H3,(H,20,22)(H,21,23)/t14-/m1/s1. The van der Waals surface area contributed by atoms with Crippen LogP contribution < -0.4 is 10.0 Å². The van der Waals surface area contributed by atoms with E-state index in [4.69, 9.17) is 6.57 Å². The molecule has 0 aromatic heterocycles. The average Bonchev–Trinajstić information content (AvgIpc) is 2.95. The number of nitrogens with one attached hydrogen (secondary N) is 2. The van der Waals surface area contributed by atoms with E-state index in [2.05, 4.69) is 24.3 Å². The summed E-state index contributed by atoms with van der Waals surface area (Å²) in [6, 6.07) is 13.5. The fourth-order valence-corrected chi connectivity index (χ4v) is 3.39. The molecule has 1 aliphatic rings. The lowest BCUT2D eigenvalue weighted by Gasteiger charge is -2.13. The van der Waals surface area contributed by atoms with Gasteiger partial charge in [0.15, 0.2) is 17.4 Å². The van der Waals surface area contributed by atoms with Gasteiger partial charge in [-0.25, -0.2) is 9.57 Å². The maximum Gasteiger partial charge on any atom is 0.345 e. The number of hydrogen-bond acceptors (Lipinski definition) is 5. The van der Waals surface area contributed by atoms with Crippen LogP contribution in [0.25, 0.3) is 4.85 Å². The van der Waals surface area contributed by atoms with Crippen molar-refractivity contribution in [2.45, 2.75) is 19.4 Å². The lowest BCUT2D eigenvalue weighted by atomic mass is 10.1. The number of benzene rings is 2. The summed E-state index contributed by atoms with van der Waals surface area (Å²) in [5, 5.41) is 12.8. The van der Waals surface area contributed by atoms with E-state index in [-0.39, 0.29) is 34.8 Å². The Bertz CT molecular complexity index is 1060. The number of amidine groups is 2. The third kappa shape index (κ3) is 4.24. The third-order valence-electron chi connectivity index (χ3n) is 3.88. The Morgan fingerprint density at radius 3 is 2.67 bits per heavy atom. The van der Waals surface area contributed by atoms with Crippen molar-refractivity contribution in [2.75, 3.05) is 5.32 Å². The van der Waals surface area contributed by atoms with Gasteiger partial charge in [-0.15, -0.1) is 4.40 Å². The molecule has 0 amide bonds. The highest BCUT2D eigenvalue weighted by Gasteiger charge is 2.28. The molecule has 27 heavy (non-hydrogen) atoms. The summed E-state index contributed by atoms with van der Waals surface area (Å²) in [5.74, 6) is -0.139. The summed E-state index contributed by atoms with van der Waals surface area (Å²) in [5.41, 5.74) is 1.43. The van der Waals surface area contributed by atoms with E-state index in [0.717, 1.165) is 5.56 Å². The number of phenols is 1. The Morgan fingerprint density at radius 1 is 1.30 bits per heavy atom. The highest BCUT2D eigenvalue weighted by atomic mass is 32.2. The van der Waals surface area contributed by atoms with E-state index < -0.39 is 10.2 Å². The predicted octanol–water partition coefficient (Wildman–Crippen LogP) is 3.15. The van der Waals surface area contributed by atoms with E-state index in [9.17, 15) is 13.5 Å². The highest BCUT2D eigenvalue weighted by Crippen LogP contribution is 2.29. The molecule has 9 heteroatoms. The second kappa shape index (κ2) is 7.47. The second-order valence-corrected chi connectivity index (χ2v) is 7.10. The van der Waals surface area contributed by atoms with Gasteiger partial charge in [-0.3, -0.25) is 4.99 Å². The fourth-order valence-electron chi connectivity index (χ4n) is 2.58. The molecule has 1 heterocycles. The van der Waals surface area contributed by atoms with Crippen LogP contribution in [0.4, 0.5) is 11.4 Å². The minimum absolute atomic E-state index is 0.0183. The van der Waals surface area contributed by atoms with Crippen LogP contribution in [-0.2, 0) is 10.2 Å². The van der Waals surface area contributed by atoms with Crippen LogP contribution in [0.1, 0.15) is 24.9 Å². The van der Waals surface area contributed by atoms with Crippen LogP contribution in [-0.4, -0.2) is 25.2 Å². The van der Waals surface area contributed by atoms with Crippen molar-refractivity contribution in [3.63, 3.8) is 0 Å². The molecule has 0 saturated carbocycles.